The molecular formula is C17H24BrFO. The van der Waals surface area contributed by atoms with E-state index >= 15 is 0 Å². The number of hydrogen-bond acceptors (Lipinski definition) is 1. The van der Waals surface area contributed by atoms with E-state index in [9.17, 15) is 9.18 Å². The zero-order valence-electron chi connectivity index (χ0n) is 12.3. The molecule has 112 valence electrons. The lowest BCUT2D eigenvalue weighted by Gasteiger charge is -2.03. The Labute approximate surface area is 130 Å². The topological polar surface area (TPSA) is 17.1 Å². The lowest BCUT2D eigenvalue weighted by molar-refractivity contribution is 0.0979. The number of ketones is 1. The van der Waals surface area contributed by atoms with E-state index in [4.69, 9.17) is 0 Å². The monoisotopic (exact) mass is 342 g/mol. The average molecular weight is 343 g/mol. The van der Waals surface area contributed by atoms with E-state index in [0.29, 0.717) is 16.5 Å². The maximum absolute atomic E-state index is 13.1. The molecule has 0 amide bonds. The highest BCUT2D eigenvalue weighted by molar-refractivity contribution is 9.10. The molecule has 0 heterocycles. The molecule has 1 nitrogen and oxygen atoms in total. The highest BCUT2D eigenvalue weighted by atomic mass is 79.9. The number of halogens is 2. The number of carbonyl (C=O) groups is 1. The van der Waals surface area contributed by atoms with Gasteiger partial charge in [-0.25, -0.2) is 4.39 Å². The molecule has 20 heavy (non-hydrogen) atoms. The van der Waals surface area contributed by atoms with Gasteiger partial charge >= 0.3 is 0 Å². The van der Waals surface area contributed by atoms with Crippen molar-refractivity contribution in [1.29, 1.82) is 0 Å². The van der Waals surface area contributed by atoms with Crippen LogP contribution in [-0.4, -0.2) is 5.78 Å². The molecule has 0 N–H and O–H groups in total. The quantitative estimate of drug-likeness (QED) is 0.360. The maximum atomic E-state index is 13.1. The smallest absolute Gasteiger partial charge is 0.162 e. The third-order valence-corrected chi connectivity index (χ3v) is 4.11. The minimum atomic E-state index is -0.325. The minimum Gasteiger partial charge on any atom is -0.294 e. The Kier molecular flexibility index (Phi) is 8.75. The van der Waals surface area contributed by atoms with Gasteiger partial charge in [0.15, 0.2) is 5.78 Å². The van der Waals surface area contributed by atoms with Crippen LogP contribution >= 0.6 is 15.9 Å². The van der Waals surface area contributed by atoms with Crippen molar-refractivity contribution in [2.45, 2.75) is 64.7 Å². The summed E-state index contributed by atoms with van der Waals surface area (Å²) in [6.07, 6.45) is 10.3. The molecule has 0 radical (unpaired) electrons. The molecule has 0 saturated carbocycles. The van der Waals surface area contributed by atoms with Crippen molar-refractivity contribution in [3.05, 3.63) is 34.1 Å². The Bertz CT molecular complexity index is 417. The van der Waals surface area contributed by atoms with Crippen LogP contribution in [0.1, 0.15) is 75.1 Å². The molecule has 3 heteroatoms. The van der Waals surface area contributed by atoms with Crippen LogP contribution in [0.25, 0.3) is 0 Å². The molecule has 0 spiro atoms. The molecule has 0 unspecified atom stereocenters. The molecule has 0 atom stereocenters. The molecule has 1 aromatic rings. The van der Waals surface area contributed by atoms with Crippen LogP contribution in [0.3, 0.4) is 0 Å². The highest BCUT2D eigenvalue weighted by Crippen LogP contribution is 2.19. The van der Waals surface area contributed by atoms with Gasteiger partial charge in [-0.05, 0) is 40.5 Å². The van der Waals surface area contributed by atoms with Gasteiger partial charge in [0, 0.05) is 12.0 Å². The number of unbranched alkanes of at least 4 members (excludes halogenated alkanes) is 7. The van der Waals surface area contributed by atoms with E-state index in [0.717, 1.165) is 12.8 Å². The highest BCUT2D eigenvalue weighted by Gasteiger charge is 2.08. The van der Waals surface area contributed by atoms with E-state index in [1.807, 2.05) is 0 Å². The fraction of sp³-hybridized carbons (Fsp3) is 0.588. The van der Waals surface area contributed by atoms with Gasteiger partial charge < -0.3 is 0 Å². The lowest BCUT2D eigenvalue weighted by atomic mass is 10.0. The summed E-state index contributed by atoms with van der Waals surface area (Å²) >= 11 is 3.11. The van der Waals surface area contributed by atoms with Crippen molar-refractivity contribution in [3.8, 4) is 0 Å². The summed E-state index contributed by atoms with van der Waals surface area (Å²) in [5, 5.41) is 0. The zero-order valence-corrected chi connectivity index (χ0v) is 13.8. The summed E-state index contributed by atoms with van der Waals surface area (Å²) in [4.78, 5) is 11.9. The van der Waals surface area contributed by atoms with E-state index in [2.05, 4.69) is 22.9 Å². The maximum Gasteiger partial charge on any atom is 0.162 e. The van der Waals surface area contributed by atoms with Crippen molar-refractivity contribution in [3.63, 3.8) is 0 Å². The van der Waals surface area contributed by atoms with Crippen LogP contribution < -0.4 is 0 Å². The Hall–Kier alpha value is -0.700. The second-order valence-corrected chi connectivity index (χ2v) is 6.13. The Morgan fingerprint density at radius 3 is 2.25 bits per heavy atom. The molecule has 0 aliphatic rings. The Morgan fingerprint density at radius 2 is 1.65 bits per heavy atom. The molecule has 0 aliphatic carbocycles. The first-order chi connectivity index (χ1) is 9.65. The normalized spacial score (nSPS) is 10.8. The Morgan fingerprint density at radius 1 is 1.05 bits per heavy atom. The van der Waals surface area contributed by atoms with Gasteiger partial charge in [-0.15, -0.1) is 0 Å². The third kappa shape index (κ3) is 6.65. The van der Waals surface area contributed by atoms with Gasteiger partial charge in [0.25, 0.3) is 0 Å². The summed E-state index contributed by atoms with van der Waals surface area (Å²) in [6.45, 7) is 2.22. The first-order valence-corrected chi connectivity index (χ1v) is 8.42. The van der Waals surface area contributed by atoms with Gasteiger partial charge in [0.2, 0.25) is 0 Å². The molecule has 0 aromatic heterocycles. The standard InChI is InChI=1S/C17H24BrFO/c1-2-3-4-5-6-7-8-9-10-17(20)14-11-12-16(19)15(18)13-14/h11-13H,2-10H2,1H3. The fourth-order valence-corrected chi connectivity index (χ4v) is 2.61. The van der Waals surface area contributed by atoms with Crippen LogP contribution in [0.4, 0.5) is 4.39 Å². The largest absolute Gasteiger partial charge is 0.294 e. The number of rotatable bonds is 10. The number of hydrogen-bond donors (Lipinski definition) is 0. The molecule has 0 bridgehead atoms. The van der Waals surface area contributed by atoms with Crippen LogP contribution in [0.15, 0.2) is 22.7 Å². The number of carbonyl (C=O) groups excluding carboxylic acids is 1. The van der Waals surface area contributed by atoms with Crippen molar-refractivity contribution >= 4 is 21.7 Å². The van der Waals surface area contributed by atoms with Crippen LogP contribution in [-0.2, 0) is 0 Å². The molecular weight excluding hydrogens is 319 g/mol. The van der Waals surface area contributed by atoms with Crippen LogP contribution in [0.5, 0.6) is 0 Å². The molecule has 1 rings (SSSR count). The van der Waals surface area contributed by atoms with Crippen molar-refractivity contribution in [2.75, 3.05) is 0 Å². The molecule has 0 aliphatic heterocycles. The number of benzene rings is 1. The summed E-state index contributed by atoms with van der Waals surface area (Å²) in [7, 11) is 0. The second-order valence-electron chi connectivity index (χ2n) is 5.28. The summed E-state index contributed by atoms with van der Waals surface area (Å²) in [6, 6.07) is 4.47. The van der Waals surface area contributed by atoms with E-state index < -0.39 is 0 Å². The first kappa shape index (κ1) is 17.4. The zero-order chi connectivity index (χ0) is 14.8. The average Bonchev–Trinajstić information content (AvgIpc) is 2.44. The predicted molar refractivity (Wildman–Crippen MR) is 85.7 cm³/mol. The SMILES string of the molecule is CCCCCCCCCCC(=O)c1ccc(F)c(Br)c1. The van der Waals surface area contributed by atoms with Gasteiger partial charge in [-0.3, -0.25) is 4.79 Å². The van der Waals surface area contributed by atoms with Crippen molar-refractivity contribution < 1.29 is 9.18 Å². The first-order valence-electron chi connectivity index (χ1n) is 7.63. The minimum absolute atomic E-state index is 0.108. The second kappa shape index (κ2) is 10.1. The van der Waals surface area contributed by atoms with Crippen LogP contribution in [0, 0.1) is 5.82 Å². The fourth-order valence-electron chi connectivity index (χ4n) is 2.23. The number of Topliss-reactive ketones (excluding diaryl/α,β-unsaturated/α-hetero) is 1. The summed E-state index contributed by atoms with van der Waals surface area (Å²) in [5.41, 5.74) is 0.598. The van der Waals surface area contributed by atoms with Crippen molar-refractivity contribution in [1.82, 2.24) is 0 Å². The van der Waals surface area contributed by atoms with E-state index in [1.54, 1.807) is 12.1 Å². The molecule has 0 saturated heterocycles. The summed E-state index contributed by atoms with van der Waals surface area (Å²) < 4.78 is 13.4. The lowest BCUT2D eigenvalue weighted by Crippen LogP contribution is -1.99. The van der Waals surface area contributed by atoms with Crippen molar-refractivity contribution in [2.24, 2.45) is 0 Å². The third-order valence-electron chi connectivity index (χ3n) is 3.50. The van der Waals surface area contributed by atoms with Gasteiger partial charge in [-0.2, -0.15) is 0 Å². The van der Waals surface area contributed by atoms with Gasteiger partial charge in [0.05, 0.1) is 4.47 Å². The van der Waals surface area contributed by atoms with Crippen LogP contribution in [0.2, 0.25) is 0 Å². The van der Waals surface area contributed by atoms with Gasteiger partial charge in [0.1, 0.15) is 5.82 Å². The van der Waals surface area contributed by atoms with E-state index in [-0.39, 0.29) is 11.6 Å². The Balaban J connectivity index is 2.15. The van der Waals surface area contributed by atoms with E-state index in [1.165, 1.54) is 44.6 Å². The summed E-state index contributed by atoms with van der Waals surface area (Å²) in [5.74, 6) is -0.217. The van der Waals surface area contributed by atoms with Gasteiger partial charge in [-0.1, -0.05) is 51.9 Å². The predicted octanol–water partition coefficient (Wildman–Crippen LogP) is 6.30. The molecule has 0 fully saturated rings. The molecule has 1 aromatic carbocycles.